The summed E-state index contributed by atoms with van der Waals surface area (Å²) in [4.78, 5) is 14.4. The van der Waals surface area contributed by atoms with E-state index in [4.69, 9.17) is 0 Å². The first-order chi connectivity index (χ1) is 8.33. The lowest BCUT2D eigenvalue weighted by Crippen LogP contribution is -2.42. The third-order valence-corrected chi connectivity index (χ3v) is 5.63. The van der Waals surface area contributed by atoms with Gasteiger partial charge in [-0.2, -0.15) is 11.8 Å². The second kappa shape index (κ2) is 5.19. The predicted octanol–water partition coefficient (Wildman–Crippen LogP) is 1.34. The molecular weight excluding hydrogens is 232 g/mol. The van der Waals surface area contributed by atoms with Crippen LogP contribution in [0.5, 0.6) is 0 Å². The van der Waals surface area contributed by atoms with E-state index in [1.807, 2.05) is 11.8 Å². The molecule has 0 aromatic carbocycles. The molecule has 2 heterocycles. The normalized spacial score (nSPS) is 37.2. The van der Waals surface area contributed by atoms with E-state index in [0.717, 1.165) is 37.2 Å². The molecule has 0 aromatic rings. The SMILES string of the molecule is O=C(CC1CSCCN1)N1CC2CCCC2C1. The minimum atomic E-state index is 0.388. The molecule has 2 aliphatic heterocycles. The fourth-order valence-corrected chi connectivity index (χ4v) is 4.48. The van der Waals surface area contributed by atoms with Gasteiger partial charge in [0.2, 0.25) is 5.91 Å². The van der Waals surface area contributed by atoms with Crippen molar-refractivity contribution in [2.75, 3.05) is 31.1 Å². The lowest BCUT2D eigenvalue weighted by molar-refractivity contribution is -0.130. The fraction of sp³-hybridized carbons (Fsp3) is 0.923. The molecule has 3 atom stereocenters. The third-order valence-electron chi connectivity index (χ3n) is 4.50. The first kappa shape index (κ1) is 11.8. The highest BCUT2D eigenvalue weighted by Gasteiger charge is 2.38. The first-order valence-corrected chi connectivity index (χ1v) is 8.07. The van der Waals surface area contributed by atoms with E-state index in [0.29, 0.717) is 18.4 Å². The van der Waals surface area contributed by atoms with Gasteiger partial charge in [0.15, 0.2) is 0 Å². The number of rotatable bonds is 2. The summed E-state index contributed by atoms with van der Waals surface area (Å²) in [5, 5.41) is 3.46. The number of carbonyl (C=O) groups is 1. The Kier molecular flexibility index (Phi) is 3.61. The predicted molar refractivity (Wildman–Crippen MR) is 71.1 cm³/mol. The summed E-state index contributed by atoms with van der Waals surface area (Å²) in [5.74, 6) is 4.34. The Morgan fingerprint density at radius 1 is 1.29 bits per heavy atom. The Balaban J connectivity index is 1.49. The Morgan fingerprint density at radius 2 is 2.06 bits per heavy atom. The van der Waals surface area contributed by atoms with Crippen LogP contribution in [0.2, 0.25) is 0 Å². The Morgan fingerprint density at radius 3 is 2.71 bits per heavy atom. The molecule has 4 heteroatoms. The van der Waals surface area contributed by atoms with Gasteiger partial charge in [0.05, 0.1) is 0 Å². The molecule has 3 fully saturated rings. The number of nitrogens with zero attached hydrogens (tertiary/aromatic N) is 1. The molecule has 1 saturated carbocycles. The molecule has 17 heavy (non-hydrogen) atoms. The number of amides is 1. The first-order valence-electron chi connectivity index (χ1n) is 6.92. The molecule has 96 valence electrons. The van der Waals surface area contributed by atoms with Gasteiger partial charge in [-0.3, -0.25) is 4.79 Å². The molecule has 1 aliphatic carbocycles. The standard InChI is InChI=1S/C13H22N2OS/c16-13(6-12-9-17-5-4-14-12)15-7-10-2-1-3-11(10)8-15/h10-12,14H,1-9H2. The topological polar surface area (TPSA) is 32.3 Å². The molecule has 3 aliphatic rings. The van der Waals surface area contributed by atoms with Gasteiger partial charge in [0, 0.05) is 43.6 Å². The zero-order valence-corrected chi connectivity index (χ0v) is 11.2. The second-order valence-corrected chi connectivity index (χ2v) is 6.83. The molecule has 1 N–H and O–H groups in total. The van der Waals surface area contributed by atoms with E-state index < -0.39 is 0 Å². The van der Waals surface area contributed by atoms with Crippen LogP contribution < -0.4 is 5.32 Å². The molecule has 3 unspecified atom stereocenters. The lowest BCUT2D eigenvalue weighted by Gasteiger charge is -2.25. The van der Waals surface area contributed by atoms with Gasteiger partial charge < -0.3 is 10.2 Å². The van der Waals surface area contributed by atoms with Crippen molar-refractivity contribution in [3.05, 3.63) is 0 Å². The molecule has 1 amide bonds. The van der Waals surface area contributed by atoms with Crippen LogP contribution in [0.1, 0.15) is 25.7 Å². The number of likely N-dealkylation sites (tertiary alicyclic amines) is 1. The highest BCUT2D eigenvalue weighted by molar-refractivity contribution is 7.99. The van der Waals surface area contributed by atoms with Crippen LogP contribution in [-0.4, -0.2) is 48.0 Å². The highest BCUT2D eigenvalue weighted by Crippen LogP contribution is 2.37. The molecule has 0 spiro atoms. The molecule has 3 rings (SSSR count). The average molecular weight is 254 g/mol. The lowest BCUT2D eigenvalue weighted by atomic mass is 10.0. The summed E-state index contributed by atoms with van der Waals surface area (Å²) in [6.45, 7) is 3.15. The molecule has 3 nitrogen and oxygen atoms in total. The summed E-state index contributed by atoms with van der Waals surface area (Å²) in [6.07, 6.45) is 4.81. The van der Waals surface area contributed by atoms with Gasteiger partial charge in [-0.25, -0.2) is 0 Å². The van der Waals surface area contributed by atoms with Gasteiger partial charge in [-0.15, -0.1) is 0 Å². The van der Waals surface area contributed by atoms with Crippen molar-refractivity contribution < 1.29 is 4.79 Å². The summed E-state index contributed by atoms with van der Waals surface area (Å²) >= 11 is 1.97. The van der Waals surface area contributed by atoms with Crippen molar-refractivity contribution in [1.29, 1.82) is 0 Å². The largest absolute Gasteiger partial charge is 0.342 e. The van der Waals surface area contributed by atoms with E-state index >= 15 is 0 Å². The highest BCUT2D eigenvalue weighted by atomic mass is 32.2. The number of fused-ring (bicyclic) bond motifs is 1. The smallest absolute Gasteiger partial charge is 0.224 e. The maximum atomic E-state index is 12.2. The van der Waals surface area contributed by atoms with Gasteiger partial charge in [-0.05, 0) is 24.7 Å². The van der Waals surface area contributed by atoms with Gasteiger partial charge >= 0.3 is 0 Å². The van der Waals surface area contributed by atoms with Gasteiger partial charge in [0.1, 0.15) is 0 Å². The monoisotopic (exact) mass is 254 g/mol. The minimum absolute atomic E-state index is 0.388. The Hall–Kier alpha value is -0.220. The van der Waals surface area contributed by atoms with Crippen molar-refractivity contribution in [2.24, 2.45) is 11.8 Å². The molecule has 2 saturated heterocycles. The number of thioether (sulfide) groups is 1. The van der Waals surface area contributed by atoms with Crippen LogP contribution in [0, 0.1) is 11.8 Å². The Bertz CT molecular complexity index is 279. The summed E-state index contributed by atoms with van der Waals surface area (Å²) in [6, 6.07) is 0.418. The second-order valence-electron chi connectivity index (χ2n) is 5.68. The maximum Gasteiger partial charge on any atom is 0.224 e. The molecule has 0 bridgehead atoms. The van der Waals surface area contributed by atoms with E-state index in [-0.39, 0.29) is 0 Å². The van der Waals surface area contributed by atoms with E-state index in [1.54, 1.807) is 0 Å². The summed E-state index contributed by atoms with van der Waals surface area (Å²) in [5.41, 5.74) is 0. The van der Waals surface area contributed by atoms with Crippen molar-refractivity contribution >= 4 is 17.7 Å². The van der Waals surface area contributed by atoms with Crippen molar-refractivity contribution in [3.63, 3.8) is 0 Å². The molecule has 0 radical (unpaired) electrons. The summed E-state index contributed by atoms with van der Waals surface area (Å²) < 4.78 is 0. The van der Waals surface area contributed by atoms with E-state index in [9.17, 15) is 4.79 Å². The van der Waals surface area contributed by atoms with Crippen LogP contribution in [0.25, 0.3) is 0 Å². The third kappa shape index (κ3) is 2.63. The number of hydrogen-bond donors (Lipinski definition) is 1. The quantitative estimate of drug-likeness (QED) is 0.807. The molecular formula is C13H22N2OS. The van der Waals surface area contributed by atoms with Crippen molar-refractivity contribution in [3.8, 4) is 0 Å². The summed E-state index contributed by atoms with van der Waals surface area (Å²) in [7, 11) is 0. The van der Waals surface area contributed by atoms with E-state index in [2.05, 4.69) is 10.2 Å². The van der Waals surface area contributed by atoms with Crippen LogP contribution in [0.4, 0.5) is 0 Å². The number of nitrogens with one attached hydrogen (secondary N) is 1. The zero-order valence-electron chi connectivity index (χ0n) is 10.4. The van der Waals surface area contributed by atoms with Crippen LogP contribution in [0.3, 0.4) is 0 Å². The number of hydrogen-bond acceptors (Lipinski definition) is 3. The van der Waals surface area contributed by atoms with Gasteiger partial charge in [0.25, 0.3) is 0 Å². The van der Waals surface area contributed by atoms with Crippen molar-refractivity contribution in [1.82, 2.24) is 10.2 Å². The average Bonchev–Trinajstić information content (AvgIpc) is 2.90. The fourth-order valence-electron chi connectivity index (χ4n) is 3.53. The maximum absolute atomic E-state index is 12.2. The van der Waals surface area contributed by atoms with Crippen molar-refractivity contribution in [2.45, 2.75) is 31.7 Å². The number of carbonyl (C=O) groups excluding carboxylic acids is 1. The van der Waals surface area contributed by atoms with Crippen LogP contribution in [0.15, 0.2) is 0 Å². The molecule has 0 aromatic heterocycles. The van der Waals surface area contributed by atoms with E-state index in [1.165, 1.54) is 25.0 Å². The minimum Gasteiger partial charge on any atom is -0.342 e. The Labute approximate surface area is 108 Å². The van der Waals surface area contributed by atoms with Gasteiger partial charge in [-0.1, -0.05) is 6.42 Å². The zero-order chi connectivity index (χ0) is 11.7. The van der Waals surface area contributed by atoms with Crippen LogP contribution >= 0.6 is 11.8 Å². The van der Waals surface area contributed by atoms with Crippen LogP contribution in [-0.2, 0) is 4.79 Å².